The molecule has 1 atom stereocenters. The van der Waals surface area contributed by atoms with E-state index in [4.69, 9.17) is 15.2 Å². The van der Waals surface area contributed by atoms with Gasteiger partial charge in [0.25, 0.3) is 17.2 Å². The maximum Gasteiger partial charge on any atom is 0.261 e. The van der Waals surface area contributed by atoms with Gasteiger partial charge in [-0.3, -0.25) is 13.7 Å². The molecule has 4 N–H and O–H groups in total. The number of unbranched alkanes of at least 4 members (excludes halogenated alkanes) is 1. The molecule has 0 fully saturated rings. The van der Waals surface area contributed by atoms with Gasteiger partial charge in [-0.2, -0.15) is 0 Å². The molecule has 1 unspecified atom stereocenters. The summed E-state index contributed by atoms with van der Waals surface area (Å²) in [7, 11) is 2.90. The summed E-state index contributed by atoms with van der Waals surface area (Å²) in [5, 5.41) is 3.01. The van der Waals surface area contributed by atoms with Crippen LogP contribution in [0.4, 0.5) is 21.6 Å². The lowest BCUT2D eigenvalue weighted by Crippen LogP contribution is -2.27. The molecule has 4 rings (SSSR count). The number of nitrogens with one attached hydrogen (secondary N) is 1. The average Bonchev–Trinajstić information content (AvgIpc) is 2.94. The third-order valence-corrected chi connectivity index (χ3v) is 6.92. The monoisotopic (exact) mass is 553 g/mol. The van der Waals surface area contributed by atoms with E-state index in [1.807, 2.05) is 24.3 Å². The Hall–Kier alpha value is -4.29. The van der Waals surface area contributed by atoms with Gasteiger partial charge in [0.05, 0.1) is 31.0 Å². The van der Waals surface area contributed by atoms with Crippen molar-refractivity contribution in [3.05, 3.63) is 77.9 Å². The Kier molecular flexibility index (Phi) is 8.89. The van der Waals surface area contributed by atoms with Crippen molar-refractivity contribution in [2.75, 3.05) is 36.1 Å². The van der Waals surface area contributed by atoms with Crippen LogP contribution in [-0.4, -0.2) is 45.4 Å². The van der Waals surface area contributed by atoms with Crippen LogP contribution in [0.3, 0.4) is 0 Å². The van der Waals surface area contributed by atoms with E-state index in [-0.39, 0.29) is 35.1 Å². The second-order valence-electron chi connectivity index (χ2n) is 8.53. The van der Waals surface area contributed by atoms with Crippen molar-refractivity contribution < 1.29 is 27.4 Å². The Labute approximate surface area is 227 Å². The summed E-state index contributed by atoms with van der Waals surface area (Å²) in [6.45, 7) is 0.189. The summed E-state index contributed by atoms with van der Waals surface area (Å²) in [6.07, 6.45) is 3.30. The Morgan fingerprint density at radius 3 is 2.54 bits per heavy atom. The van der Waals surface area contributed by atoms with Crippen molar-refractivity contribution in [2.45, 2.75) is 19.3 Å². The molecule has 1 aromatic heterocycles. The van der Waals surface area contributed by atoms with Crippen LogP contribution < -0.4 is 24.8 Å². The molecule has 1 amide bonds. The van der Waals surface area contributed by atoms with Gasteiger partial charge in [0.1, 0.15) is 23.6 Å². The molecule has 4 aromatic rings. The number of benzene rings is 3. The quantitative estimate of drug-likeness (QED) is 0.181. The number of halogens is 1. The number of fused-ring (bicyclic) bond motifs is 1. The molecular weight excluding hydrogens is 525 g/mol. The van der Waals surface area contributed by atoms with E-state index in [0.717, 1.165) is 30.2 Å². The highest BCUT2D eigenvalue weighted by atomic mass is 32.2. The number of aryl methyl sites for hydroxylation is 1. The van der Waals surface area contributed by atoms with Crippen LogP contribution in [-0.2, 0) is 17.7 Å². The average molecular weight is 554 g/mol. The third kappa shape index (κ3) is 6.24. The van der Waals surface area contributed by atoms with Crippen molar-refractivity contribution in [1.82, 2.24) is 9.97 Å². The molecule has 204 valence electrons. The first-order valence-electron chi connectivity index (χ1n) is 12.0. The van der Waals surface area contributed by atoms with Crippen molar-refractivity contribution >= 4 is 45.3 Å². The Bertz CT molecular complexity index is 1500. The fraction of sp³-hybridized carbons (Fsp3) is 0.222. The van der Waals surface area contributed by atoms with E-state index in [1.165, 1.54) is 29.9 Å². The van der Waals surface area contributed by atoms with Gasteiger partial charge in [-0.1, -0.05) is 18.2 Å². The number of nitrogen functional groups attached to an aromatic ring is 1. The van der Waals surface area contributed by atoms with Crippen LogP contribution in [0.25, 0.3) is 10.9 Å². The number of methoxy groups -OCH3 is 2. The zero-order valence-electron chi connectivity index (χ0n) is 21.4. The van der Waals surface area contributed by atoms with Crippen LogP contribution in [0.2, 0.25) is 0 Å². The van der Waals surface area contributed by atoms with E-state index in [1.54, 1.807) is 19.2 Å². The van der Waals surface area contributed by atoms with Gasteiger partial charge in [-0.25, -0.2) is 18.6 Å². The summed E-state index contributed by atoms with van der Waals surface area (Å²) in [5.41, 5.74) is 7.34. The standard InChI is InChI=1S/C27H28FN5O5S/c1-37-18-11-9-17(10-12-18)6-3-4-15-33(39(35)36)22-14-13-21(28)24(25(22)38-2)32-27(34)20-8-5-7-19-23(20)30-16-31-26(19)29/h5,7-14,16H,3-4,6,15H2,1-2H3,(H,32,34)(H,35,36)(H2,29,30,31). The first-order chi connectivity index (χ1) is 18.8. The van der Waals surface area contributed by atoms with Gasteiger partial charge in [0, 0.05) is 11.9 Å². The molecule has 0 spiro atoms. The minimum atomic E-state index is -2.43. The van der Waals surface area contributed by atoms with Gasteiger partial charge in [-0.05, 0) is 61.2 Å². The number of amides is 1. The Morgan fingerprint density at radius 2 is 1.85 bits per heavy atom. The molecule has 0 bridgehead atoms. The second kappa shape index (κ2) is 12.5. The van der Waals surface area contributed by atoms with Crippen LogP contribution in [0, 0.1) is 5.82 Å². The fourth-order valence-electron chi connectivity index (χ4n) is 4.20. The Balaban J connectivity index is 1.55. The van der Waals surface area contributed by atoms with Gasteiger partial charge in [0.2, 0.25) is 0 Å². The molecule has 0 aliphatic heterocycles. The van der Waals surface area contributed by atoms with Crippen LogP contribution in [0.15, 0.2) is 60.9 Å². The van der Waals surface area contributed by atoms with Crippen molar-refractivity contribution in [3.8, 4) is 11.5 Å². The minimum absolute atomic E-state index is 0.0877. The SMILES string of the molecule is COc1ccc(CCCCN(c2ccc(F)c(NC(=O)c3cccc4c(N)ncnc34)c2OC)S(=O)O)cc1. The number of carbonyl (C=O) groups excluding carboxylic acids is 1. The minimum Gasteiger partial charge on any atom is -0.497 e. The third-order valence-electron chi connectivity index (χ3n) is 6.16. The number of aromatic nitrogens is 2. The number of nitrogens with two attached hydrogens (primary N) is 1. The van der Waals surface area contributed by atoms with Gasteiger partial charge >= 0.3 is 0 Å². The maximum absolute atomic E-state index is 15.0. The predicted molar refractivity (Wildman–Crippen MR) is 149 cm³/mol. The summed E-state index contributed by atoms with van der Waals surface area (Å²) < 4.78 is 49.1. The highest BCUT2D eigenvalue weighted by molar-refractivity contribution is 7.80. The molecule has 39 heavy (non-hydrogen) atoms. The molecule has 0 radical (unpaired) electrons. The number of hydrogen-bond acceptors (Lipinski definition) is 7. The molecule has 0 aliphatic rings. The smallest absolute Gasteiger partial charge is 0.261 e. The zero-order chi connectivity index (χ0) is 27.9. The van der Waals surface area contributed by atoms with E-state index in [2.05, 4.69) is 15.3 Å². The lowest BCUT2D eigenvalue weighted by Gasteiger charge is -2.24. The normalized spacial score (nSPS) is 11.7. The highest BCUT2D eigenvalue weighted by Crippen LogP contribution is 2.39. The van der Waals surface area contributed by atoms with Crippen molar-refractivity contribution in [1.29, 1.82) is 0 Å². The molecule has 12 heteroatoms. The van der Waals surface area contributed by atoms with Crippen LogP contribution >= 0.6 is 0 Å². The van der Waals surface area contributed by atoms with Crippen LogP contribution in [0.5, 0.6) is 11.5 Å². The molecule has 0 saturated carbocycles. The van der Waals surface area contributed by atoms with Gasteiger partial charge < -0.3 is 20.5 Å². The molecule has 10 nitrogen and oxygen atoms in total. The number of anilines is 3. The number of hydrogen-bond donors (Lipinski definition) is 3. The summed E-state index contributed by atoms with van der Waals surface area (Å²) >= 11 is -2.43. The second-order valence-corrected chi connectivity index (χ2v) is 9.43. The summed E-state index contributed by atoms with van der Waals surface area (Å²) in [6, 6.07) is 14.9. The number of nitrogens with zero attached hydrogens (tertiary/aromatic N) is 3. The number of rotatable bonds is 11. The first-order valence-corrected chi connectivity index (χ1v) is 13.1. The van der Waals surface area contributed by atoms with E-state index < -0.39 is 23.0 Å². The fourth-order valence-corrected chi connectivity index (χ4v) is 4.80. The number of para-hydroxylation sites is 1. The summed E-state index contributed by atoms with van der Waals surface area (Å²) in [5.74, 6) is -0.556. The van der Waals surface area contributed by atoms with E-state index in [0.29, 0.717) is 17.3 Å². The number of carbonyl (C=O) groups is 1. The lowest BCUT2D eigenvalue weighted by atomic mass is 10.1. The lowest BCUT2D eigenvalue weighted by molar-refractivity contribution is 0.102. The Morgan fingerprint density at radius 1 is 1.08 bits per heavy atom. The molecule has 0 aliphatic carbocycles. The maximum atomic E-state index is 15.0. The van der Waals surface area contributed by atoms with E-state index >= 15 is 0 Å². The largest absolute Gasteiger partial charge is 0.497 e. The first kappa shape index (κ1) is 27.7. The zero-order valence-corrected chi connectivity index (χ0v) is 22.2. The van der Waals surface area contributed by atoms with Gasteiger partial charge in [-0.15, -0.1) is 0 Å². The van der Waals surface area contributed by atoms with Crippen molar-refractivity contribution in [2.24, 2.45) is 0 Å². The number of ether oxygens (including phenoxy) is 2. The topological polar surface area (TPSA) is 140 Å². The molecular formula is C27H28FN5O5S. The van der Waals surface area contributed by atoms with Crippen LogP contribution in [0.1, 0.15) is 28.8 Å². The predicted octanol–water partition coefficient (Wildman–Crippen LogP) is 4.59. The van der Waals surface area contributed by atoms with E-state index in [9.17, 15) is 17.9 Å². The van der Waals surface area contributed by atoms with Gasteiger partial charge in [0.15, 0.2) is 11.6 Å². The molecule has 0 saturated heterocycles. The molecule has 1 heterocycles. The van der Waals surface area contributed by atoms with Crippen molar-refractivity contribution in [3.63, 3.8) is 0 Å². The molecule has 3 aromatic carbocycles. The summed E-state index contributed by atoms with van der Waals surface area (Å²) in [4.78, 5) is 21.3. The highest BCUT2D eigenvalue weighted by Gasteiger charge is 2.24.